The first-order chi connectivity index (χ1) is 10.5. The average Bonchev–Trinajstić information content (AvgIpc) is 2.94. The van der Waals surface area contributed by atoms with Crippen LogP contribution in [0.4, 0.5) is 17.1 Å². The number of fused-ring (bicyclic) bond motifs is 1. The van der Waals surface area contributed by atoms with Gasteiger partial charge in [0.25, 0.3) is 5.69 Å². The number of hydrogen-bond acceptors (Lipinski definition) is 5. The fourth-order valence-electron chi connectivity index (χ4n) is 2.45. The van der Waals surface area contributed by atoms with Crippen molar-refractivity contribution in [3.8, 4) is 0 Å². The van der Waals surface area contributed by atoms with Crippen LogP contribution >= 0.6 is 0 Å². The molecule has 7 heteroatoms. The molecule has 0 bridgehead atoms. The standard InChI is InChI=1S/C15H22N4O3/c1-10(2)15(20)18-8-3-7-17-14-11-6-9-16-12(11)4-5-13(14)19(21)22/h4-5,10,16-17H,3,6-9H2,1-2H3,(H,18,20). The summed E-state index contributed by atoms with van der Waals surface area (Å²) in [6.07, 6.45) is 1.50. The first-order valence-electron chi connectivity index (χ1n) is 7.56. The van der Waals surface area contributed by atoms with Gasteiger partial charge in [0.2, 0.25) is 5.91 Å². The van der Waals surface area contributed by atoms with Crippen molar-refractivity contribution in [3.63, 3.8) is 0 Å². The third-order valence-corrected chi connectivity index (χ3v) is 3.66. The summed E-state index contributed by atoms with van der Waals surface area (Å²) in [4.78, 5) is 22.2. The van der Waals surface area contributed by atoms with Crippen LogP contribution in [0.25, 0.3) is 0 Å². The fraction of sp³-hybridized carbons (Fsp3) is 0.533. The first kappa shape index (κ1) is 16.1. The number of nitrogens with zero attached hydrogens (tertiary/aromatic N) is 1. The summed E-state index contributed by atoms with van der Waals surface area (Å²) in [5.41, 5.74) is 2.64. The van der Waals surface area contributed by atoms with Gasteiger partial charge in [-0.2, -0.15) is 0 Å². The highest BCUT2D eigenvalue weighted by Gasteiger charge is 2.23. The van der Waals surface area contributed by atoms with Gasteiger partial charge in [0.05, 0.1) is 4.92 Å². The Morgan fingerprint density at radius 3 is 2.86 bits per heavy atom. The maximum Gasteiger partial charge on any atom is 0.292 e. The van der Waals surface area contributed by atoms with E-state index in [-0.39, 0.29) is 22.4 Å². The van der Waals surface area contributed by atoms with Crippen LogP contribution in [0.1, 0.15) is 25.8 Å². The number of hydrogen-bond donors (Lipinski definition) is 3. The summed E-state index contributed by atoms with van der Waals surface area (Å²) < 4.78 is 0. The topological polar surface area (TPSA) is 96.3 Å². The number of carbonyl (C=O) groups excluding carboxylic acids is 1. The molecule has 0 fully saturated rings. The minimum atomic E-state index is -0.360. The maximum atomic E-state index is 11.4. The van der Waals surface area contributed by atoms with E-state index in [1.165, 1.54) is 6.07 Å². The van der Waals surface area contributed by atoms with Gasteiger partial charge in [-0.3, -0.25) is 14.9 Å². The quantitative estimate of drug-likeness (QED) is 0.407. The summed E-state index contributed by atoms with van der Waals surface area (Å²) in [6.45, 7) is 5.63. The molecule has 1 aliphatic heterocycles. The number of nitro groups is 1. The Bertz CT molecular complexity index is 572. The molecule has 1 aliphatic rings. The summed E-state index contributed by atoms with van der Waals surface area (Å²) in [7, 11) is 0. The van der Waals surface area contributed by atoms with Gasteiger partial charge in [-0.1, -0.05) is 13.8 Å². The fourth-order valence-corrected chi connectivity index (χ4v) is 2.45. The Balaban J connectivity index is 1.94. The van der Waals surface area contributed by atoms with Crippen molar-refractivity contribution >= 4 is 23.0 Å². The molecule has 1 heterocycles. The van der Waals surface area contributed by atoms with Gasteiger partial charge >= 0.3 is 0 Å². The number of carbonyl (C=O) groups is 1. The van der Waals surface area contributed by atoms with Crippen LogP contribution in [-0.2, 0) is 11.2 Å². The lowest BCUT2D eigenvalue weighted by atomic mass is 10.1. The van der Waals surface area contributed by atoms with Gasteiger partial charge in [-0.05, 0) is 18.9 Å². The van der Waals surface area contributed by atoms with Crippen LogP contribution in [0, 0.1) is 16.0 Å². The van der Waals surface area contributed by atoms with Crippen LogP contribution in [0.5, 0.6) is 0 Å². The minimum Gasteiger partial charge on any atom is -0.384 e. The van der Waals surface area contributed by atoms with Crippen molar-refractivity contribution in [2.24, 2.45) is 5.92 Å². The van der Waals surface area contributed by atoms with E-state index in [1.54, 1.807) is 6.07 Å². The van der Waals surface area contributed by atoms with Crippen LogP contribution in [-0.4, -0.2) is 30.5 Å². The molecule has 0 saturated heterocycles. The van der Waals surface area contributed by atoms with Crippen molar-refractivity contribution < 1.29 is 9.72 Å². The number of nitro benzene ring substituents is 1. The molecule has 0 radical (unpaired) electrons. The number of anilines is 2. The summed E-state index contributed by atoms with van der Waals surface area (Å²) >= 11 is 0. The van der Waals surface area contributed by atoms with Crippen molar-refractivity contribution in [1.82, 2.24) is 5.32 Å². The van der Waals surface area contributed by atoms with Crippen molar-refractivity contribution in [1.29, 1.82) is 0 Å². The van der Waals surface area contributed by atoms with Gasteiger partial charge in [0.1, 0.15) is 5.69 Å². The second-order valence-corrected chi connectivity index (χ2v) is 5.65. The predicted octanol–water partition coefficient (Wildman–Crippen LogP) is 2.14. The molecular weight excluding hydrogens is 284 g/mol. The molecular formula is C15H22N4O3. The maximum absolute atomic E-state index is 11.4. The normalized spacial score (nSPS) is 12.7. The van der Waals surface area contributed by atoms with E-state index in [9.17, 15) is 14.9 Å². The molecule has 0 aromatic heterocycles. The molecule has 1 aromatic carbocycles. The van der Waals surface area contributed by atoms with Gasteiger partial charge in [0, 0.05) is 42.9 Å². The Morgan fingerprint density at radius 1 is 1.41 bits per heavy atom. The van der Waals surface area contributed by atoms with Crippen LogP contribution in [0.15, 0.2) is 12.1 Å². The lowest BCUT2D eigenvalue weighted by Gasteiger charge is -2.12. The Kier molecular flexibility index (Phi) is 5.19. The number of nitrogens with one attached hydrogen (secondary N) is 3. The highest BCUT2D eigenvalue weighted by molar-refractivity contribution is 5.78. The zero-order chi connectivity index (χ0) is 16.1. The second kappa shape index (κ2) is 7.11. The SMILES string of the molecule is CC(C)C(=O)NCCCNc1c([N+](=O)[O-])ccc2c1CCN2. The van der Waals surface area contributed by atoms with Crippen molar-refractivity contribution in [2.75, 3.05) is 30.3 Å². The third-order valence-electron chi connectivity index (χ3n) is 3.66. The van der Waals surface area contributed by atoms with Crippen LogP contribution in [0.3, 0.4) is 0 Å². The van der Waals surface area contributed by atoms with E-state index in [0.717, 1.165) is 24.2 Å². The zero-order valence-corrected chi connectivity index (χ0v) is 12.9. The molecule has 2 rings (SSSR count). The molecule has 0 unspecified atom stereocenters. The van der Waals surface area contributed by atoms with Crippen LogP contribution in [0.2, 0.25) is 0 Å². The molecule has 22 heavy (non-hydrogen) atoms. The molecule has 0 atom stereocenters. The molecule has 1 amide bonds. The molecule has 0 spiro atoms. The highest BCUT2D eigenvalue weighted by atomic mass is 16.6. The predicted molar refractivity (Wildman–Crippen MR) is 86.2 cm³/mol. The minimum absolute atomic E-state index is 0.0239. The molecule has 120 valence electrons. The van der Waals surface area contributed by atoms with Crippen molar-refractivity contribution in [3.05, 3.63) is 27.8 Å². The Hall–Kier alpha value is -2.31. The lowest BCUT2D eigenvalue weighted by Crippen LogP contribution is -2.29. The highest BCUT2D eigenvalue weighted by Crippen LogP contribution is 2.36. The zero-order valence-electron chi connectivity index (χ0n) is 12.9. The van der Waals surface area contributed by atoms with Crippen LogP contribution < -0.4 is 16.0 Å². The van der Waals surface area contributed by atoms with Gasteiger partial charge < -0.3 is 16.0 Å². The summed E-state index contributed by atoms with van der Waals surface area (Å²) in [5.74, 6) is -0.00621. The Labute approximate surface area is 129 Å². The lowest BCUT2D eigenvalue weighted by molar-refractivity contribution is -0.384. The second-order valence-electron chi connectivity index (χ2n) is 5.65. The molecule has 1 aromatic rings. The van der Waals surface area contributed by atoms with E-state index in [4.69, 9.17) is 0 Å². The van der Waals surface area contributed by atoms with E-state index in [1.807, 2.05) is 13.8 Å². The molecule has 0 saturated carbocycles. The number of amides is 1. The van der Waals surface area contributed by atoms with Gasteiger partial charge in [-0.15, -0.1) is 0 Å². The average molecular weight is 306 g/mol. The summed E-state index contributed by atoms with van der Waals surface area (Å²) in [5, 5.41) is 20.4. The van der Waals surface area contributed by atoms with Gasteiger partial charge in [-0.25, -0.2) is 0 Å². The van der Waals surface area contributed by atoms with E-state index in [2.05, 4.69) is 16.0 Å². The van der Waals surface area contributed by atoms with E-state index < -0.39 is 0 Å². The number of benzene rings is 1. The molecule has 0 aliphatic carbocycles. The third kappa shape index (κ3) is 3.66. The van der Waals surface area contributed by atoms with Gasteiger partial charge in [0.15, 0.2) is 0 Å². The molecule has 7 nitrogen and oxygen atoms in total. The smallest absolute Gasteiger partial charge is 0.292 e. The first-order valence-corrected chi connectivity index (χ1v) is 7.56. The summed E-state index contributed by atoms with van der Waals surface area (Å²) in [6, 6.07) is 3.29. The molecule has 3 N–H and O–H groups in total. The Morgan fingerprint density at radius 2 is 2.18 bits per heavy atom. The largest absolute Gasteiger partial charge is 0.384 e. The monoisotopic (exact) mass is 306 g/mol. The van der Waals surface area contributed by atoms with E-state index >= 15 is 0 Å². The number of rotatable bonds is 7. The van der Waals surface area contributed by atoms with E-state index in [0.29, 0.717) is 25.2 Å². The van der Waals surface area contributed by atoms with Crippen molar-refractivity contribution in [2.45, 2.75) is 26.7 Å².